The summed E-state index contributed by atoms with van der Waals surface area (Å²) < 4.78 is 74.4. The molecule has 3 aromatic carbocycles. The molecule has 17 heteroatoms. The molecule has 56 heavy (non-hydrogen) atoms. The van der Waals surface area contributed by atoms with E-state index < -0.39 is 39.6 Å². The van der Waals surface area contributed by atoms with Gasteiger partial charge in [-0.2, -0.15) is 31.9 Å². The van der Waals surface area contributed by atoms with Crippen molar-refractivity contribution in [3.8, 4) is 28.8 Å². The maximum Gasteiger partial charge on any atom is 0.416 e. The number of imidazole rings is 1. The van der Waals surface area contributed by atoms with Gasteiger partial charge in [-0.25, -0.2) is 18.8 Å². The molecule has 0 unspecified atom stereocenters. The normalized spacial score (nSPS) is 12.4. The van der Waals surface area contributed by atoms with E-state index in [2.05, 4.69) is 42.6 Å². The predicted octanol–water partition coefficient (Wildman–Crippen LogP) is 6.87. The van der Waals surface area contributed by atoms with Gasteiger partial charge in [0, 0.05) is 5.69 Å². The van der Waals surface area contributed by atoms with Crippen molar-refractivity contribution < 1.29 is 35.4 Å². The van der Waals surface area contributed by atoms with Crippen LogP contribution >= 0.6 is 0 Å². The monoisotopic (exact) mass is 789 g/mol. The molecule has 0 spiro atoms. The number of hydrogen-bond donors (Lipinski definition) is 3. The number of H-pyrrole nitrogens is 1. The van der Waals surface area contributed by atoms with Crippen LogP contribution in [0.15, 0.2) is 113 Å². The molecule has 292 valence electrons. The highest BCUT2D eigenvalue weighted by atomic mass is 32.2. The number of quaternary nitrogens is 1. The van der Waals surface area contributed by atoms with Gasteiger partial charge in [0.05, 0.1) is 83.9 Å². The summed E-state index contributed by atoms with van der Waals surface area (Å²) in [5.74, 6) is 0. The Labute approximate surface area is 321 Å². The molecule has 0 radical (unpaired) electrons. The Balaban J connectivity index is 0.000000522. The average Bonchev–Trinajstić information content (AvgIpc) is 3.87. The molecule has 6 rings (SSSR count). The van der Waals surface area contributed by atoms with Crippen molar-refractivity contribution in [2.24, 2.45) is 0 Å². The van der Waals surface area contributed by atoms with Gasteiger partial charge in [-0.3, -0.25) is 9.12 Å². The number of rotatable bonds is 9. The van der Waals surface area contributed by atoms with Gasteiger partial charge >= 0.3 is 17.9 Å². The Hall–Kier alpha value is -6.22. The van der Waals surface area contributed by atoms with Crippen molar-refractivity contribution in [3.63, 3.8) is 0 Å². The van der Waals surface area contributed by atoms with E-state index in [1.165, 1.54) is 35.1 Å². The number of benzene rings is 3. The molecule has 1 atom stereocenters. The summed E-state index contributed by atoms with van der Waals surface area (Å²) in [5, 5.41) is 16.6. The summed E-state index contributed by atoms with van der Waals surface area (Å²) in [4.78, 5) is 31.5. The molecule has 6 aromatic rings. The lowest BCUT2D eigenvalue weighted by molar-refractivity contribution is -0.884. The minimum absolute atomic E-state index is 0.0454. The minimum Gasteiger partial charge on any atom is -0.356 e. The Kier molecular flexibility index (Phi) is 11.9. The number of carbonyl (C=O) groups is 1. The van der Waals surface area contributed by atoms with Crippen molar-refractivity contribution in [1.29, 1.82) is 5.26 Å². The number of carbonyl (C=O) groups excluding carboxylic acids is 1. The number of aromatic amines is 1. The fourth-order valence-corrected chi connectivity index (χ4v) is 6.56. The number of hydrogen-bond acceptors (Lipinski definition) is 6. The molecule has 0 aliphatic rings. The standard InChI is InChI=1S/C33H33F3N8O2.C6H6O3S/c1-6-27(28-15-12-24(39-28)20-44(3,4)5)40-31(45)42-30(29-16-17-38-43(29)25-13-10-22(19-37)11-14-25)21(2)41(32(42)46)26-9-7-8-23(18-26)33(34,35)36;7-10(8,9)6-4-2-1-3-5-6/h7-18,27,39H,6,20H2,1-5H3;1-5H,(H,7,8,9)/p+1/t27-;/m0./s1. The summed E-state index contributed by atoms with van der Waals surface area (Å²) in [7, 11) is 2.19. The highest BCUT2D eigenvalue weighted by Gasteiger charge is 2.32. The van der Waals surface area contributed by atoms with Crippen LogP contribution in [0.3, 0.4) is 0 Å². The van der Waals surface area contributed by atoms with E-state index in [9.17, 15) is 36.4 Å². The molecule has 0 bridgehead atoms. The first kappa shape index (κ1) is 41.0. The number of alkyl halides is 3. The van der Waals surface area contributed by atoms with E-state index in [-0.39, 0.29) is 22.0 Å². The zero-order chi connectivity index (χ0) is 41.0. The molecule has 0 saturated heterocycles. The van der Waals surface area contributed by atoms with Gasteiger partial charge < -0.3 is 14.8 Å². The third-order valence-electron chi connectivity index (χ3n) is 8.58. The van der Waals surface area contributed by atoms with Crippen LogP contribution in [-0.4, -0.2) is 68.5 Å². The van der Waals surface area contributed by atoms with Crippen LogP contribution < -0.4 is 11.0 Å². The van der Waals surface area contributed by atoms with E-state index in [0.29, 0.717) is 27.8 Å². The van der Waals surface area contributed by atoms with Crippen LogP contribution in [0, 0.1) is 18.3 Å². The lowest BCUT2D eigenvalue weighted by Gasteiger charge is -2.23. The molecule has 3 heterocycles. The smallest absolute Gasteiger partial charge is 0.356 e. The van der Waals surface area contributed by atoms with Crippen LogP contribution in [0.25, 0.3) is 22.8 Å². The lowest BCUT2D eigenvalue weighted by atomic mass is 10.1. The number of nitrogens with zero attached hydrogens (tertiary/aromatic N) is 6. The van der Waals surface area contributed by atoms with Gasteiger partial charge in [-0.05, 0) is 86.1 Å². The van der Waals surface area contributed by atoms with E-state index in [1.807, 2.05) is 19.1 Å². The van der Waals surface area contributed by atoms with E-state index >= 15 is 0 Å². The van der Waals surface area contributed by atoms with Crippen molar-refractivity contribution in [3.05, 3.63) is 142 Å². The molecular weight excluding hydrogens is 750 g/mol. The van der Waals surface area contributed by atoms with Crippen LogP contribution in [0.4, 0.5) is 18.0 Å². The highest BCUT2D eigenvalue weighted by molar-refractivity contribution is 7.85. The van der Waals surface area contributed by atoms with Gasteiger partial charge in [0.2, 0.25) is 0 Å². The number of aromatic nitrogens is 5. The van der Waals surface area contributed by atoms with E-state index in [0.717, 1.165) is 39.2 Å². The molecule has 1 amide bonds. The van der Waals surface area contributed by atoms with Crippen molar-refractivity contribution >= 4 is 16.1 Å². The summed E-state index contributed by atoms with van der Waals surface area (Å²) >= 11 is 0. The highest BCUT2D eigenvalue weighted by Crippen LogP contribution is 2.32. The van der Waals surface area contributed by atoms with Gasteiger partial charge in [0.25, 0.3) is 10.1 Å². The lowest BCUT2D eigenvalue weighted by Crippen LogP contribution is -2.39. The first-order valence-corrected chi connectivity index (χ1v) is 18.6. The first-order chi connectivity index (χ1) is 26.3. The molecule has 13 nitrogen and oxygen atoms in total. The number of nitrogens with one attached hydrogen (secondary N) is 2. The Bertz CT molecular complexity index is 2540. The van der Waals surface area contributed by atoms with E-state index in [1.54, 1.807) is 55.5 Å². The van der Waals surface area contributed by atoms with Crippen LogP contribution in [0.5, 0.6) is 0 Å². The molecule has 3 aromatic heterocycles. The number of amides is 1. The second-order valence-corrected chi connectivity index (χ2v) is 15.2. The second-order valence-electron chi connectivity index (χ2n) is 13.8. The van der Waals surface area contributed by atoms with Crippen LogP contribution in [0.1, 0.15) is 47.6 Å². The van der Waals surface area contributed by atoms with Gasteiger partial charge in [0.15, 0.2) is 0 Å². The molecule has 0 aliphatic heterocycles. The Morgan fingerprint density at radius 1 is 0.982 bits per heavy atom. The largest absolute Gasteiger partial charge is 0.416 e. The third-order valence-corrected chi connectivity index (χ3v) is 9.45. The molecule has 0 fully saturated rings. The average molecular weight is 790 g/mol. The molecule has 3 N–H and O–H groups in total. The van der Waals surface area contributed by atoms with Gasteiger partial charge in [-0.1, -0.05) is 31.2 Å². The van der Waals surface area contributed by atoms with Gasteiger partial charge in [-0.15, -0.1) is 0 Å². The number of halogens is 3. The summed E-state index contributed by atoms with van der Waals surface area (Å²) in [6.45, 7) is 4.19. The zero-order valence-electron chi connectivity index (χ0n) is 31.1. The zero-order valence-corrected chi connectivity index (χ0v) is 31.9. The van der Waals surface area contributed by atoms with Crippen molar-refractivity contribution in [2.45, 2.75) is 43.9 Å². The summed E-state index contributed by atoms with van der Waals surface area (Å²) in [6.07, 6.45) is -2.65. The third kappa shape index (κ3) is 9.34. The maximum absolute atomic E-state index is 14.1. The van der Waals surface area contributed by atoms with E-state index in [4.69, 9.17) is 4.55 Å². The quantitative estimate of drug-likeness (QED) is 0.106. The molecule has 0 aliphatic carbocycles. The van der Waals surface area contributed by atoms with Crippen LogP contribution in [0.2, 0.25) is 0 Å². The van der Waals surface area contributed by atoms with Crippen molar-refractivity contribution in [1.82, 2.24) is 29.2 Å². The summed E-state index contributed by atoms with van der Waals surface area (Å²) in [6, 6.07) is 24.6. The SMILES string of the molecule is CC[C@H](NC(=O)n1c(-c2ccnn2-c2ccc(C#N)cc2)c(C)n(-c2cccc(C(F)(F)F)c2)c1=O)c1ccc(C[N+](C)(C)C)[nH]1.O=S(=O)(O)c1ccccc1. The Morgan fingerprint density at radius 2 is 1.66 bits per heavy atom. The second kappa shape index (κ2) is 16.3. The van der Waals surface area contributed by atoms with Gasteiger partial charge in [0.1, 0.15) is 12.2 Å². The predicted molar refractivity (Wildman–Crippen MR) is 203 cm³/mol. The maximum atomic E-state index is 14.1. The summed E-state index contributed by atoms with van der Waals surface area (Å²) in [5.41, 5.74) is 1.61. The fraction of sp³-hybridized carbons (Fsp3) is 0.231. The number of nitriles is 1. The Morgan fingerprint density at radius 3 is 2.23 bits per heavy atom. The minimum atomic E-state index is -4.64. The fourth-order valence-electron chi connectivity index (χ4n) is 6.06. The van der Waals surface area contributed by atoms with Crippen molar-refractivity contribution in [2.75, 3.05) is 21.1 Å². The first-order valence-electron chi connectivity index (χ1n) is 17.2. The molecule has 0 saturated carbocycles. The topological polar surface area (TPSA) is 168 Å². The molecular formula is C39H40F3N8O5S+. The van der Waals surface area contributed by atoms with Crippen LogP contribution in [-0.2, 0) is 22.8 Å².